The van der Waals surface area contributed by atoms with E-state index in [1.54, 1.807) is 6.07 Å². The molecule has 0 unspecified atom stereocenters. The minimum absolute atomic E-state index is 0.0395. The summed E-state index contributed by atoms with van der Waals surface area (Å²) >= 11 is 3.12. The molecule has 0 spiro atoms. The Hall–Kier alpha value is -1.10. The summed E-state index contributed by atoms with van der Waals surface area (Å²) in [5.74, 6) is -1.31. The van der Waals surface area contributed by atoms with Gasteiger partial charge < -0.3 is 14.6 Å². The van der Waals surface area contributed by atoms with Crippen molar-refractivity contribution in [1.82, 2.24) is 0 Å². The summed E-state index contributed by atoms with van der Waals surface area (Å²) in [7, 11) is 1.31. The molecule has 0 amide bonds. The van der Waals surface area contributed by atoms with E-state index in [0.717, 1.165) is 6.29 Å². The minimum atomic E-state index is -0.812. The van der Waals surface area contributed by atoms with Crippen molar-refractivity contribution < 1.29 is 19.0 Å². The average molecular weight is 277 g/mol. The van der Waals surface area contributed by atoms with E-state index in [1.165, 1.54) is 7.11 Å². The van der Waals surface area contributed by atoms with E-state index in [0.29, 0.717) is 16.5 Å². The van der Waals surface area contributed by atoms with Crippen LogP contribution in [0.25, 0.3) is 0 Å². The lowest BCUT2D eigenvalue weighted by atomic mass is 10.1. The number of methoxy groups -OCH3 is 1. The van der Waals surface area contributed by atoms with Gasteiger partial charge in [0, 0.05) is 6.42 Å². The molecule has 1 aromatic carbocycles. The number of carbonyl (C=O) groups excluding carboxylic acids is 1. The lowest BCUT2D eigenvalue weighted by Crippen LogP contribution is -1.95. The third kappa shape index (κ3) is 2.47. The number of ether oxygens (including phenoxy) is 1. The molecule has 0 aliphatic carbocycles. The fraction of sp³-hybridized carbons (Fsp3) is 0.300. The van der Waals surface area contributed by atoms with E-state index in [9.17, 15) is 14.3 Å². The van der Waals surface area contributed by atoms with Gasteiger partial charge in [0.15, 0.2) is 11.5 Å². The molecule has 0 radical (unpaired) electrons. The lowest BCUT2D eigenvalue weighted by Gasteiger charge is -2.10. The summed E-state index contributed by atoms with van der Waals surface area (Å²) < 4.78 is 18.6. The maximum atomic E-state index is 13.5. The van der Waals surface area contributed by atoms with E-state index >= 15 is 0 Å². The molecule has 1 aromatic rings. The second kappa shape index (κ2) is 5.11. The molecule has 15 heavy (non-hydrogen) atoms. The van der Waals surface area contributed by atoms with Gasteiger partial charge in [-0.2, -0.15) is 4.39 Å². The molecular weight excluding hydrogens is 267 g/mol. The van der Waals surface area contributed by atoms with Gasteiger partial charge in [0.25, 0.3) is 0 Å². The second-order valence-electron chi connectivity index (χ2n) is 2.92. The Balaban J connectivity index is 3.15. The van der Waals surface area contributed by atoms with Crippen LogP contribution in [-0.4, -0.2) is 18.5 Å². The fourth-order valence-corrected chi connectivity index (χ4v) is 1.84. The Kier molecular flexibility index (Phi) is 4.08. The van der Waals surface area contributed by atoms with Gasteiger partial charge in [0.2, 0.25) is 5.82 Å². The molecule has 5 heteroatoms. The summed E-state index contributed by atoms with van der Waals surface area (Å²) in [6.45, 7) is 0. The molecule has 0 aliphatic heterocycles. The van der Waals surface area contributed by atoms with Crippen molar-refractivity contribution in [3.05, 3.63) is 21.9 Å². The third-order valence-electron chi connectivity index (χ3n) is 1.96. The van der Waals surface area contributed by atoms with Gasteiger partial charge >= 0.3 is 0 Å². The molecule has 0 saturated carbocycles. The van der Waals surface area contributed by atoms with E-state index in [2.05, 4.69) is 15.9 Å². The van der Waals surface area contributed by atoms with Crippen molar-refractivity contribution in [3.8, 4) is 11.5 Å². The number of benzene rings is 1. The first kappa shape index (κ1) is 12.0. The van der Waals surface area contributed by atoms with E-state index in [4.69, 9.17) is 4.74 Å². The van der Waals surface area contributed by atoms with Crippen molar-refractivity contribution in [2.75, 3.05) is 7.11 Å². The summed E-state index contributed by atoms with van der Waals surface area (Å²) in [4.78, 5) is 10.2. The number of aryl methyl sites for hydroxylation is 1. The van der Waals surface area contributed by atoms with Crippen molar-refractivity contribution >= 4 is 22.2 Å². The van der Waals surface area contributed by atoms with Crippen molar-refractivity contribution in [1.29, 1.82) is 0 Å². The van der Waals surface area contributed by atoms with Crippen LogP contribution in [0.3, 0.4) is 0 Å². The molecule has 1 N–H and O–H groups in total. The molecule has 0 heterocycles. The monoisotopic (exact) mass is 276 g/mol. The highest BCUT2D eigenvalue weighted by Gasteiger charge is 2.16. The van der Waals surface area contributed by atoms with E-state index in [1.807, 2.05) is 0 Å². The first-order chi connectivity index (χ1) is 7.11. The summed E-state index contributed by atoms with van der Waals surface area (Å²) in [5.41, 5.74) is 0.382. The molecule has 0 aliphatic rings. The van der Waals surface area contributed by atoms with Crippen LogP contribution < -0.4 is 4.74 Å². The van der Waals surface area contributed by atoms with Crippen LogP contribution in [0.2, 0.25) is 0 Å². The summed E-state index contributed by atoms with van der Waals surface area (Å²) in [5, 5.41) is 9.47. The SMILES string of the molecule is COc1c(Br)cc(CCC=O)c(O)c1F. The van der Waals surface area contributed by atoms with Gasteiger partial charge in [-0.15, -0.1) is 0 Å². The van der Waals surface area contributed by atoms with Crippen LogP contribution in [-0.2, 0) is 11.2 Å². The molecule has 82 valence electrons. The Labute approximate surface area is 95.0 Å². The van der Waals surface area contributed by atoms with Crippen LogP contribution in [0.1, 0.15) is 12.0 Å². The van der Waals surface area contributed by atoms with E-state index in [-0.39, 0.29) is 12.2 Å². The largest absolute Gasteiger partial charge is 0.505 e. The predicted molar refractivity (Wildman–Crippen MR) is 56.7 cm³/mol. The molecular formula is C10H10BrFO3. The molecule has 0 saturated heterocycles. The average Bonchev–Trinajstić information content (AvgIpc) is 2.22. The highest BCUT2D eigenvalue weighted by molar-refractivity contribution is 9.10. The van der Waals surface area contributed by atoms with Gasteiger partial charge in [-0.25, -0.2) is 0 Å². The predicted octanol–water partition coefficient (Wildman–Crippen LogP) is 2.43. The Morgan fingerprint density at radius 1 is 1.67 bits per heavy atom. The van der Waals surface area contributed by atoms with Crippen LogP contribution in [0.15, 0.2) is 10.5 Å². The van der Waals surface area contributed by atoms with Crippen LogP contribution in [0.4, 0.5) is 4.39 Å². The zero-order valence-electron chi connectivity index (χ0n) is 8.09. The number of phenolic OH excluding ortho intramolecular Hbond substituents is 1. The van der Waals surface area contributed by atoms with Crippen LogP contribution >= 0.6 is 15.9 Å². The highest BCUT2D eigenvalue weighted by Crippen LogP contribution is 2.36. The first-order valence-electron chi connectivity index (χ1n) is 4.29. The Morgan fingerprint density at radius 2 is 2.33 bits per heavy atom. The molecule has 0 aromatic heterocycles. The third-order valence-corrected chi connectivity index (χ3v) is 2.55. The van der Waals surface area contributed by atoms with Crippen LogP contribution in [0.5, 0.6) is 11.5 Å². The smallest absolute Gasteiger partial charge is 0.208 e. The van der Waals surface area contributed by atoms with Gasteiger partial charge in [-0.3, -0.25) is 0 Å². The number of hydrogen-bond acceptors (Lipinski definition) is 3. The normalized spacial score (nSPS) is 10.1. The Bertz CT molecular complexity index is 379. The number of aldehydes is 1. The first-order valence-corrected chi connectivity index (χ1v) is 5.08. The van der Waals surface area contributed by atoms with Crippen molar-refractivity contribution in [2.45, 2.75) is 12.8 Å². The fourth-order valence-electron chi connectivity index (χ4n) is 1.23. The van der Waals surface area contributed by atoms with Crippen molar-refractivity contribution in [2.24, 2.45) is 0 Å². The number of phenols is 1. The number of rotatable bonds is 4. The Morgan fingerprint density at radius 3 is 2.87 bits per heavy atom. The van der Waals surface area contributed by atoms with Gasteiger partial charge in [0.1, 0.15) is 6.29 Å². The summed E-state index contributed by atoms with van der Waals surface area (Å²) in [6.07, 6.45) is 1.26. The maximum absolute atomic E-state index is 13.5. The lowest BCUT2D eigenvalue weighted by molar-refractivity contribution is -0.107. The number of carbonyl (C=O) groups is 1. The molecule has 3 nitrogen and oxygen atoms in total. The van der Waals surface area contributed by atoms with Crippen molar-refractivity contribution in [3.63, 3.8) is 0 Å². The second-order valence-corrected chi connectivity index (χ2v) is 3.77. The zero-order chi connectivity index (χ0) is 11.4. The number of aromatic hydroxyl groups is 1. The standard InChI is InChI=1S/C10H10BrFO3/c1-15-10-7(11)5-6(3-2-4-13)9(14)8(10)12/h4-5,14H,2-3H2,1H3. The van der Waals surface area contributed by atoms with Gasteiger partial charge in [0.05, 0.1) is 11.6 Å². The van der Waals surface area contributed by atoms with Crippen LogP contribution in [0, 0.1) is 5.82 Å². The number of halogens is 2. The highest BCUT2D eigenvalue weighted by atomic mass is 79.9. The zero-order valence-corrected chi connectivity index (χ0v) is 9.67. The molecule has 1 rings (SSSR count). The van der Waals surface area contributed by atoms with Gasteiger partial charge in [-0.1, -0.05) is 0 Å². The van der Waals surface area contributed by atoms with E-state index < -0.39 is 11.6 Å². The summed E-state index contributed by atoms with van der Waals surface area (Å²) in [6, 6.07) is 1.54. The molecule has 0 atom stereocenters. The quantitative estimate of drug-likeness (QED) is 0.860. The minimum Gasteiger partial charge on any atom is -0.505 e. The number of hydrogen-bond donors (Lipinski definition) is 1. The molecule has 0 fully saturated rings. The topological polar surface area (TPSA) is 46.5 Å². The van der Waals surface area contributed by atoms with Gasteiger partial charge in [-0.05, 0) is 34.0 Å². The molecule has 0 bridgehead atoms. The maximum Gasteiger partial charge on any atom is 0.208 e.